The molecule has 0 aliphatic heterocycles. The highest BCUT2D eigenvalue weighted by molar-refractivity contribution is 7.98. The van der Waals surface area contributed by atoms with E-state index in [4.69, 9.17) is 0 Å². The van der Waals surface area contributed by atoms with Crippen molar-refractivity contribution in [1.82, 2.24) is 29.9 Å². The Morgan fingerprint density at radius 1 is 1.42 bits per heavy atom. The Balaban J connectivity index is 2.02. The van der Waals surface area contributed by atoms with Gasteiger partial charge in [-0.15, -0.1) is 11.8 Å². The van der Waals surface area contributed by atoms with E-state index in [1.807, 2.05) is 30.1 Å². The van der Waals surface area contributed by atoms with Gasteiger partial charge in [0.2, 0.25) is 0 Å². The lowest BCUT2D eigenvalue weighted by Crippen LogP contribution is -1.99. The number of aromatic amines is 1. The van der Waals surface area contributed by atoms with Crippen LogP contribution in [0.25, 0.3) is 11.0 Å². The van der Waals surface area contributed by atoms with Crippen LogP contribution in [0.2, 0.25) is 0 Å². The number of rotatable bonds is 4. The van der Waals surface area contributed by atoms with Crippen LogP contribution in [-0.4, -0.2) is 36.2 Å². The van der Waals surface area contributed by atoms with E-state index in [0.717, 1.165) is 28.4 Å². The lowest BCUT2D eigenvalue weighted by molar-refractivity contribution is 0.662. The van der Waals surface area contributed by atoms with Crippen molar-refractivity contribution in [2.75, 3.05) is 11.6 Å². The molecule has 0 aliphatic carbocycles. The average Bonchev–Trinajstić information content (AvgIpc) is 3.05. The van der Waals surface area contributed by atoms with Crippen LogP contribution >= 0.6 is 11.8 Å². The Morgan fingerprint density at radius 2 is 2.32 bits per heavy atom. The quantitative estimate of drug-likeness (QED) is 0.709. The van der Waals surface area contributed by atoms with Gasteiger partial charge in [0.15, 0.2) is 11.5 Å². The van der Waals surface area contributed by atoms with Crippen molar-refractivity contribution in [2.24, 2.45) is 0 Å². The van der Waals surface area contributed by atoms with E-state index >= 15 is 0 Å². The predicted octanol–water partition coefficient (Wildman–Crippen LogP) is 2.03. The minimum atomic E-state index is 0.712. The number of aryl methyl sites for hydroxylation is 1. The van der Waals surface area contributed by atoms with Gasteiger partial charge in [-0.2, -0.15) is 10.2 Å². The molecular formula is C11H13N7S. The van der Waals surface area contributed by atoms with Crippen molar-refractivity contribution in [3.05, 3.63) is 18.6 Å². The molecule has 8 heteroatoms. The summed E-state index contributed by atoms with van der Waals surface area (Å²) in [5.41, 5.74) is 0.719. The SMILES string of the molecule is CCn1ccc(Nc2ncnc3[nH]nc(SC)c23)n1. The zero-order chi connectivity index (χ0) is 13.2. The van der Waals surface area contributed by atoms with Gasteiger partial charge in [0.1, 0.15) is 17.2 Å². The fourth-order valence-corrected chi connectivity index (χ4v) is 2.34. The molecule has 2 N–H and O–H groups in total. The number of nitrogens with zero attached hydrogens (tertiary/aromatic N) is 5. The highest BCUT2D eigenvalue weighted by Gasteiger charge is 2.12. The van der Waals surface area contributed by atoms with Crippen LogP contribution in [0.3, 0.4) is 0 Å². The molecule has 0 amide bonds. The standard InChI is InChI=1S/C11H13N7S/c1-3-18-5-4-7(17-18)14-9-8-10(13-6-12-9)15-16-11(8)19-2/h4-6H,3H2,1-2H3,(H2,12,13,14,15,16,17). The fraction of sp³-hybridized carbons (Fsp3) is 0.273. The van der Waals surface area contributed by atoms with Gasteiger partial charge in [0.05, 0.1) is 5.39 Å². The molecule has 0 aromatic carbocycles. The number of nitrogens with one attached hydrogen (secondary N) is 2. The maximum Gasteiger partial charge on any atom is 0.161 e. The molecule has 0 fully saturated rings. The van der Waals surface area contributed by atoms with Gasteiger partial charge in [0, 0.05) is 18.8 Å². The molecule has 0 atom stereocenters. The summed E-state index contributed by atoms with van der Waals surface area (Å²) < 4.78 is 1.85. The molecule has 0 radical (unpaired) electrons. The van der Waals surface area contributed by atoms with E-state index in [0.29, 0.717) is 5.82 Å². The van der Waals surface area contributed by atoms with Crippen LogP contribution in [0.5, 0.6) is 0 Å². The van der Waals surface area contributed by atoms with Crippen LogP contribution in [0.1, 0.15) is 6.92 Å². The van der Waals surface area contributed by atoms with Gasteiger partial charge in [-0.05, 0) is 13.2 Å². The first-order chi connectivity index (χ1) is 9.31. The highest BCUT2D eigenvalue weighted by Crippen LogP contribution is 2.28. The summed E-state index contributed by atoms with van der Waals surface area (Å²) in [6, 6.07) is 1.91. The second-order valence-corrected chi connectivity index (χ2v) is 4.66. The Labute approximate surface area is 113 Å². The first-order valence-electron chi connectivity index (χ1n) is 5.85. The second kappa shape index (κ2) is 4.88. The third kappa shape index (κ3) is 2.14. The van der Waals surface area contributed by atoms with Gasteiger partial charge in [-0.25, -0.2) is 9.97 Å². The van der Waals surface area contributed by atoms with Gasteiger partial charge in [-0.3, -0.25) is 9.78 Å². The lowest BCUT2D eigenvalue weighted by atomic mass is 10.4. The molecule has 3 heterocycles. The Bertz CT molecular complexity index is 702. The molecule has 0 saturated heterocycles. The lowest BCUT2D eigenvalue weighted by Gasteiger charge is -2.03. The van der Waals surface area contributed by atoms with Crippen molar-refractivity contribution in [1.29, 1.82) is 0 Å². The zero-order valence-corrected chi connectivity index (χ0v) is 11.4. The summed E-state index contributed by atoms with van der Waals surface area (Å²) in [5, 5.41) is 16.4. The number of anilines is 2. The van der Waals surface area contributed by atoms with Gasteiger partial charge in [0.25, 0.3) is 0 Å². The van der Waals surface area contributed by atoms with Crippen LogP contribution in [-0.2, 0) is 6.54 Å². The van der Waals surface area contributed by atoms with Gasteiger partial charge >= 0.3 is 0 Å². The fourth-order valence-electron chi connectivity index (χ4n) is 1.80. The molecule has 3 aromatic rings. The van der Waals surface area contributed by atoms with Gasteiger partial charge < -0.3 is 5.32 Å². The van der Waals surface area contributed by atoms with E-state index in [2.05, 4.69) is 30.6 Å². The summed E-state index contributed by atoms with van der Waals surface area (Å²) in [6.07, 6.45) is 5.40. The summed E-state index contributed by atoms with van der Waals surface area (Å²) >= 11 is 1.55. The smallest absolute Gasteiger partial charge is 0.161 e. The zero-order valence-electron chi connectivity index (χ0n) is 10.6. The van der Waals surface area contributed by atoms with Crippen molar-refractivity contribution in [3.8, 4) is 0 Å². The van der Waals surface area contributed by atoms with Gasteiger partial charge in [-0.1, -0.05) is 0 Å². The molecule has 0 saturated carbocycles. The largest absolute Gasteiger partial charge is 0.323 e. The van der Waals surface area contributed by atoms with Crippen molar-refractivity contribution >= 4 is 34.4 Å². The molecule has 0 unspecified atom stereocenters. The third-order valence-corrected chi connectivity index (χ3v) is 3.41. The van der Waals surface area contributed by atoms with E-state index in [1.54, 1.807) is 11.8 Å². The molecule has 0 aliphatic rings. The summed E-state index contributed by atoms with van der Waals surface area (Å²) in [7, 11) is 0. The van der Waals surface area contributed by atoms with E-state index in [-0.39, 0.29) is 0 Å². The molecular weight excluding hydrogens is 262 g/mol. The normalized spacial score (nSPS) is 11.1. The summed E-state index contributed by atoms with van der Waals surface area (Å²) in [4.78, 5) is 8.44. The third-order valence-electron chi connectivity index (χ3n) is 2.73. The van der Waals surface area contributed by atoms with Crippen LogP contribution in [0.4, 0.5) is 11.6 Å². The number of fused-ring (bicyclic) bond motifs is 1. The van der Waals surface area contributed by atoms with Crippen LogP contribution in [0, 0.1) is 0 Å². The number of aromatic nitrogens is 6. The maximum atomic E-state index is 4.38. The first-order valence-corrected chi connectivity index (χ1v) is 7.08. The van der Waals surface area contributed by atoms with E-state index in [1.165, 1.54) is 6.33 Å². The molecule has 3 rings (SSSR count). The topological polar surface area (TPSA) is 84.3 Å². The van der Waals surface area contributed by atoms with E-state index < -0.39 is 0 Å². The minimum Gasteiger partial charge on any atom is -0.323 e. The second-order valence-electron chi connectivity index (χ2n) is 3.86. The molecule has 0 spiro atoms. The number of hydrogen-bond acceptors (Lipinski definition) is 6. The summed E-state index contributed by atoms with van der Waals surface area (Å²) in [6.45, 7) is 2.88. The van der Waals surface area contributed by atoms with Crippen molar-refractivity contribution < 1.29 is 0 Å². The van der Waals surface area contributed by atoms with Crippen molar-refractivity contribution in [3.63, 3.8) is 0 Å². The maximum absolute atomic E-state index is 4.38. The van der Waals surface area contributed by atoms with E-state index in [9.17, 15) is 0 Å². The van der Waals surface area contributed by atoms with Crippen LogP contribution < -0.4 is 5.32 Å². The number of hydrogen-bond donors (Lipinski definition) is 2. The molecule has 3 aromatic heterocycles. The minimum absolute atomic E-state index is 0.712. The Kier molecular flexibility index (Phi) is 3.08. The highest BCUT2D eigenvalue weighted by atomic mass is 32.2. The molecule has 19 heavy (non-hydrogen) atoms. The predicted molar refractivity (Wildman–Crippen MR) is 74.6 cm³/mol. The van der Waals surface area contributed by atoms with Crippen LogP contribution in [0.15, 0.2) is 23.6 Å². The molecule has 0 bridgehead atoms. The Morgan fingerprint density at radius 3 is 3.05 bits per heavy atom. The molecule has 7 nitrogen and oxygen atoms in total. The Hall–Kier alpha value is -2.09. The number of thioether (sulfide) groups is 1. The number of H-pyrrole nitrogens is 1. The average molecular weight is 275 g/mol. The van der Waals surface area contributed by atoms with Crippen molar-refractivity contribution in [2.45, 2.75) is 18.5 Å². The first kappa shape index (κ1) is 12.0. The molecule has 98 valence electrons. The summed E-state index contributed by atoms with van der Waals surface area (Å²) in [5.74, 6) is 1.47. The monoisotopic (exact) mass is 275 g/mol.